The van der Waals surface area contributed by atoms with Crippen molar-refractivity contribution in [3.63, 3.8) is 0 Å². The van der Waals surface area contributed by atoms with Gasteiger partial charge in [-0.15, -0.1) is 0 Å². The molecule has 5 heteroatoms. The number of benzene rings is 1. The number of rotatable bonds is 5. The maximum Gasteiger partial charge on any atom is 0.270 e. The molecular formula is C17H22N4O. The number of carbonyl (C=O) groups excluding carboxylic acids is 1. The van der Waals surface area contributed by atoms with E-state index in [4.69, 9.17) is 0 Å². The molecule has 1 amide bonds. The molecule has 1 heterocycles. The second kappa shape index (κ2) is 7.02. The van der Waals surface area contributed by atoms with Crippen molar-refractivity contribution < 1.29 is 4.79 Å². The normalized spacial score (nSPS) is 10.6. The molecule has 0 bridgehead atoms. The van der Waals surface area contributed by atoms with Crippen LogP contribution in [0, 0.1) is 19.8 Å². The summed E-state index contributed by atoms with van der Waals surface area (Å²) in [5.41, 5.74) is 3.56. The third-order valence-electron chi connectivity index (χ3n) is 3.28. The average Bonchev–Trinajstić information content (AvgIpc) is 2.49. The first-order valence-electron chi connectivity index (χ1n) is 7.42. The lowest BCUT2D eigenvalue weighted by Gasteiger charge is -2.12. The summed E-state index contributed by atoms with van der Waals surface area (Å²) < 4.78 is 0. The minimum Gasteiger partial charge on any atom is -0.350 e. The molecule has 5 nitrogen and oxygen atoms in total. The zero-order valence-electron chi connectivity index (χ0n) is 13.5. The summed E-state index contributed by atoms with van der Waals surface area (Å²) in [6, 6.07) is 7.67. The standard InChI is InChI=1S/C17H22N4O/c1-11(2)10-19-16(22)14-8-9-18-17(20-14)21-15-12(3)6-5-7-13(15)4/h5-9,11H,10H2,1-4H3,(H,19,22)(H,18,20,21). The molecule has 2 N–H and O–H groups in total. The second-order valence-corrected chi connectivity index (χ2v) is 5.76. The summed E-state index contributed by atoms with van der Waals surface area (Å²) in [5.74, 6) is 0.647. The van der Waals surface area contributed by atoms with Crippen LogP contribution in [-0.4, -0.2) is 22.4 Å². The van der Waals surface area contributed by atoms with Crippen LogP contribution in [0.25, 0.3) is 0 Å². The molecular weight excluding hydrogens is 276 g/mol. The van der Waals surface area contributed by atoms with Crippen LogP contribution in [0.3, 0.4) is 0 Å². The number of hydrogen-bond donors (Lipinski definition) is 2. The van der Waals surface area contributed by atoms with Crippen molar-refractivity contribution in [3.05, 3.63) is 47.3 Å². The summed E-state index contributed by atoms with van der Waals surface area (Å²) in [4.78, 5) is 20.5. The van der Waals surface area contributed by atoms with Crippen LogP contribution in [0.4, 0.5) is 11.6 Å². The third-order valence-corrected chi connectivity index (χ3v) is 3.28. The van der Waals surface area contributed by atoms with Crippen molar-refractivity contribution in [2.45, 2.75) is 27.7 Å². The van der Waals surface area contributed by atoms with Crippen molar-refractivity contribution in [1.82, 2.24) is 15.3 Å². The Hall–Kier alpha value is -2.43. The number of amides is 1. The Morgan fingerprint density at radius 2 is 1.86 bits per heavy atom. The van der Waals surface area contributed by atoms with Gasteiger partial charge in [-0.3, -0.25) is 4.79 Å². The Bertz CT molecular complexity index is 647. The number of aryl methyl sites for hydroxylation is 2. The van der Waals surface area contributed by atoms with Crippen LogP contribution in [0.1, 0.15) is 35.5 Å². The van der Waals surface area contributed by atoms with Crippen molar-refractivity contribution in [2.24, 2.45) is 5.92 Å². The van der Waals surface area contributed by atoms with Gasteiger partial charge < -0.3 is 10.6 Å². The van der Waals surface area contributed by atoms with E-state index in [0.717, 1.165) is 16.8 Å². The molecule has 0 fully saturated rings. The topological polar surface area (TPSA) is 66.9 Å². The van der Waals surface area contributed by atoms with Gasteiger partial charge in [0.05, 0.1) is 0 Å². The lowest BCUT2D eigenvalue weighted by molar-refractivity contribution is 0.0944. The Labute approximate surface area is 131 Å². The largest absolute Gasteiger partial charge is 0.350 e. The van der Waals surface area contributed by atoms with Gasteiger partial charge in [-0.05, 0) is 37.0 Å². The molecule has 1 aromatic heterocycles. The number of aromatic nitrogens is 2. The number of carbonyl (C=O) groups is 1. The molecule has 0 atom stereocenters. The smallest absolute Gasteiger partial charge is 0.270 e. The Kier molecular flexibility index (Phi) is 5.09. The Balaban J connectivity index is 2.17. The summed E-state index contributed by atoms with van der Waals surface area (Å²) in [6.45, 7) is 8.77. The van der Waals surface area contributed by atoms with E-state index in [1.54, 1.807) is 12.3 Å². The number of nitrogens with one attached hydrogen (secondary N) is 2. The second-order valence-electron chi connectivity index (χ2n) is 5.76. The molecule has 116 valence electrons. The predicted octanol–water partition coefficient (Wildman–Crippen LogP) is 3.22. The lowest BCUT2D eigenvalue weighted by Crippen LogP contribution is -2.28. The van der Waals surface area contributed by atoms with E-state index in [1.807, 2.05) is 45.9 Å². The zero-order valence-corrected chi connectivity index (χ0v) is 13.5. The van der Waals surface area contributed by atoms with E-state index in [1.165, 1.54) is 0 Å². The molecule has 0 aliphatic carbocycles. The molecule has 0 spiro atoms. The molecule has 2 rings (SSSR count). The van der Waals surface area contributed by atoms with Crippen molar-refractivity contribution in [2.75, 3.05) is 11.9 Å². The number of para-hydroxylation sites is 1. The van der Waals surface area contributed by atoms with Crippen LogP contribution in [0.15, 0.2) is 30.5 Å². The SMILES string of the molecule is Cc1cccc(C)c1Nc1nccc(C(=O)NCC(C)C)n1. The molecule has 0 saturated heterocycles. The maximum atomic E-state index is 12.1. The van der Waals surface area contributed by atoms with Gasteiger partial charge in [-0.25, -0.2) is 9.97 Å². The number of anilines is 2. The summed E-state index contributed by atoms with van der Waals surface area (Å²) in [6.07, 6.45) is 1.59. The Morgan fingerprint density at radius 3 is 2.50 bits per heavy atom. The van der Waals surface area contributed by atoms with E-state index in [9.17, 15) is 4.79 Å². The highest BCUT2D eigenvalue weighted by molar-refractivity contribution is 5.92. The molecule has 0 aliphatic rings. The number of hydrogen-bond acceptors (Lipinski definition) is 4. The summed E-state index contributed by atoms with van der Waals surface area (Å²) in [7, 11) is 0. The van der Waals surface area contributed by atoms with Crippen LogP contribution in [-0.2, 0) is 0 Å². The molecule has 0 radical (unpaired) electrons. The van der Waals surface area contributed by atoms with E-state index < -0.39 is 0 Å². The van der Waals surface area contributed by atoms with Crippen LogP contribution >= 0.6 is 0 Å². The Morgan fingerprint density at radius 1 is 1.18 bits per heavy atom. The van der Waals surface area contributed by atoms with E-state index in [2.05, 4.69) is 20.6 Å². The molecule has 0 saturated carbocycles. The summed E-state index contributed by atoms with van der Waals surface area (Å²) in [5, 5.41) is 6.05. The highest BCUT2D eigenvalue weighted by Gasteiger charge is 2.10. The minimum atomic E-state index is -0.180. The zero-order chi connectivity index (χ0) is 16.1. The fraction of sp³-hybridized carbons (Fsp3) is 0.353. The monoisotopic (exact) mass is 298 g/mol. The lowest BCUT2D eigenvalue weighted by atomic mass is 10.1. The number of nitrogens with zero attached hydrogens (tertiary/aromatic N) is 2. The van der Waals surface area contributed by atoms with Gasteiger partial charge >= 0.3 is 0 Å². The van der Waals surface area contributed by atoms with Gasteiger partial charge in [-0.2, -0.15) is 0 Å². The van der Waals surface area contributed by atoms with Crippen molar-refractivity contribution in [3.8, 4) is 0 Å². The van der Waals surface area contributed by atoms with Gasteiger partial charge in [0.2, 0.25) is 5.95 Å². The van der Waals surface area contributed by atoms with E-state index in [0.29, 0.717) is 24.1 Å². The first-order valence-corrected chi connectivity index (χ1v) is 7.42. The first kappa shape index (κ1) is 15.9. The molecule has 22 heavy (non-hydrogen) atoms. The van der Waals surface area contributed by atoms with Gasteiger partial charge in [0, 0.05) is 18.4 Å². The highest BCUT2D eigenvalue weighted by Crippen LogP contribution is 2.22. The molecule has 2 aromatic rings. The van der Waals surface area contributed by atoms with Gasteiger partial charge in [-0.1, -0.05) is 32.0 Å². The quantitative estimate of drug-likeness (QED) is 0.889. The fourth-order valence-corrected chi connectivity index (χ4v) is 2.06. The van der Waals surface area contributed by atoms with Crippen molar-refractivity contribution >= 4 is 17.5 Å². The van der Waals surface area contributed by atoms with Gasteiger partial charge in [0.15, 0.2) is 0 Å². The highest BCUT2D eigenvalue weighted by atomic mass is 16.1. The molecule has 0 aliphatic heterocycles. The third kappa shape index (κ3) is 4.04. The van der Waals surface area contributed by atoms with Gasteiger partial charge in [0.1, 0.15) is 5.69 Å². The maximum absolute atomic E-state index is 12.1. The predicted molar refractivity (Wildman–Crippen MR) is 88.4 cm³/mol. The van der Waals surface area contributed by atoms with Crippen molar-refractivity contribution in [1.29, 1.82) is 0 Å². The van der Waals surface area contributed by atoms with Crippen LogP contribution < -0.4 is 10.6 Å². The van der Waals surface area contributed by atoms with E-state index in [-0.39, 0.29) is 5.91 Å². The summed E-state index contributed by atoms with van der Waals surface area (Å²) >= 11 is 0. The molecule has 0 unspecified atom stereocenters. The van der Waals surface area contributed by atoms with Crippen LogP contribution in [0.5, 0.6) is 0 Å². The first-order chi connectivity index (χ1) is 10.5. The van der Waals surface area contributed by atoms with E-state index >= 15 is 0 Å². The minimum absolute atomic E-state index is 0.180. The van der Waals surface area contributed by atoms with Crippen LogP contribution in [0.2, 0.25) is 0 Å². The fourth-order valence-electron chi connectivity index (χ4n) is 2.06. The average molecular weight is 298 g/mol. The van der Waals surface area contributed by atoms with Gasteiger partial charge in [0.25, 0.3) is 5.91 Å². The molecule has 1 aromatic carbocycles.